The topological polar surface area (TPSA) is 41.1 Å². The van der Waals surface area contributed by atoms with Crippen LogP contribution in [0.3, 0.4) is 0 Å². The average Bonchev–Trinajstić information content (AvgIpc) is 2.39. The molecule has 0 aromatic heterocycles. The van der Waals surface area contributed by atoms with Gasteiger partial charge in [0, 0.05) is 17.1 Å². The van der Waals surface area contributed by atoms with Gasteiger partial charge < -0.3 is 10.6 Å². The molecule has 3 nitrogen and oxygen atoms in total. The number of hydrogen-bond acceptors (Lipinski definition) is 1. The van der Waals surface area contributed by atoms with Gasteiger partial charge in [-0.25, -0.2) is 4.79 Å². The summed E-state index contributed by atoms with van der Waals surface area (Å²) in [5, 5.41) is 5.95. The van der Waals surface area contributed by atoms with Crippen LogP contribution in [-0.2, 0) is 6.54 Å². The molecule has 2 N–H and O–H groups in total. The van der Waals surface area contributed by atoms with Gasteiger partial charge in [0.05, 0.1) is 0 Å². The minimum absolute atomic E-state index is 0.0577. The highest BCUT2D eigenvalue weighted by Gasteiger charge is 2.15. The zero-order valence-corrected chi connectivity index (χ0v) is 12.0. The second-order valence-corrected chi connectivity index (χ2v) is 5.61. The van der Waals surface area contributed by atoms with E-state index in [-0.39, 0.29) is 6.03 Å². The fourth-order valence-corrected chi connectivity index (χ4v) is 2.73. The molecule has 1 aliphatic rings. The van der Waals surface area contributed by atoms with Crippen molar-refractivity contribution in [1.82, 2.24) is 10.6 Å². The molecule has 1 saturated carbocycles. The largest absolute Gasteiger partial charge is 0.335 e. The highest BCUT2D eigenvalue weighted by molar-refractivity contribution is 9.10. The lowest BCUT2D eigenvalue weighted by Gasteiger charge is -2.22. The lowest BCUT2D eigenvalue weighted by atomic mass is 9.96. The number of halogens is 1. The highest BCUT2D eigenvalue weighted by Crippen LogP contribution is 2.17. The number of amides is 2. The summed E-state index contributed by atoms with van der Waals surface area (Å²) in [6.45, 7) is 0.556. The van der Waals surface area contributed by atoms with Gasteiger partial charge in [-0.1, -0.05) is 53.4 Å². The van der Waals surface area contributed by atoms with Crippen LogP contribution in [0.25, 0.3) is 0 Å². The average molecular weight is 311 g/mol. The number of carbonyl (C=O) groups is 1. The van der Waals surface area contributed by atoms with E-state index < -0.39 is 0 Å². The van der Waals surface area contributed by atoms with Crippen LogP contribution in [0.1, 0.15) is 37.7 Å². The number of hydrogen-bond donors (Lipinski definition) is 2. The van der Waals surface area contributed by atoms with E-state index in [1.807, 2.05) is 24.3 Å². The zero-order chi connectivity index (χ0) is 12.8. The maximum absolute atomic E-state index is 11.8. The van der Waals surface area contributed by atoms with Crippen LogP contribution in [-0.4, -0.2) is 12.1 Å². The van der Waals surface area contributed by atoms with E-state index in [0.717, 1.165) is 22.9 Å². The molecular formula is C14H19BrN2O. The van der Waals surface area contributed by atoms with Crippen LogP contribution in [0.15, 0.2) is 28.7 Å². The second-order valence-electron chi connectivity index (χ2n) is 4.75. The summed E-state index contributed by atoms with van der Waals surface area (Å²) in [7, 11) is 0. The third-order valence-electron chi connectivity index (χ3n) is 3.34. The Labute approximate surface area is 116 Å². The summed E-state index contributed by atoms with van der Waals surface area (Å²) >= 11 is 3.47. The van der Waals surface area contributed by atoms with E-state index in [0.29, 0.717) is 12.6 Å². The fraction of sp³-hybridized carbons (Fsp3) is 0.500. The van der Waals surface area contributed by atoms with Crippen molar-refractivity contribution >= 4 is 22.0 Å². The third-order valence-corrected chi connectivity index (χ3v) is 4.11. The summed E-state index contributed by atoms with van der Waals surface area (Å²) in [6, 6.07) is 8.23. The first-order chi connectivity index (χ1) is 8.75. The highest BCUT2D eigenvalue weighted by atomic mass is 79.9. The van der Waals surface area contributed by atoms with Crippen molar-refractivity contribution in [2.24, 2.45) is 0 Å². The van der Waals surface area contributed by atoms with E-state index in [2.05, 4.69) is 26.6 Å². The maximum atomic E-state index is 11.8. The minimum Gasteiger partial charge on any atom is -0.335 e. The molecule has 1 aliphatic carbocycles. The van der Waals surface area contributed by atoms with E-state index in [1.54, 1.807) is 0 Å². The molecule has 0 spiro atoms. The summed E-state index contributed by atoms with van der Waals surface area (Å²) < 4.78 is 1.03. The minimum atomic E-state index is -0.0577. The molecule has 1 aromatic rings. The van der Waals surface area contributed by atoms with Crippen molar-refractivity contribution in [2.45, 2.75) is 44.7 Å². The van der Waals surface area contributed by atoms with Gasteiger partial charge in [-0.05, 0) is 24.5 Å². The van der Waals surface area contributed by atoms with Gasteiger partial charge in [0.2, 0.25) is 0 Å². The molecular weight excluding hydrogens is 292 g/mol. The van der Waals surface area contributed by atoms with E-state index in [1.165, 1.54) is 19.3 Å². The summed E-state index contributed by atoms with van der Waals surface area (Å²) in [6.07, 6.45) is 5.99. The SMILES string of the molecule is O=C(NCc1ccccc1Br)NC1CCCCC1. The molecule has 0 atom stereocenters. The Morgan fingerprint density at radius 3 is 2.67 bits per heavy atom. The smallest absolute Gasteiger partial charge is 0.315 e. The molecule has 1 aromatic carbocycles. The first-order valence-corrected chi connectivity index (χ1v) is 7.33. The van der Waals surface area contributed by atoms with Crippen LogP contribution in [0.4, 0.5) is 4.79 Å². The first-order valence-electron chi connectivity index (χ1n) is 6.53. The summed E-state index contributed by atoms with van der Waals surface area (Å²) in [4.78, 5) is 11.8. The Balaban J connectivity index is 1.76. The molecule has 0 heterocycles. The van der Waals surface area contributed by atoms with Crippen LogP contribution >= 0.6 is 15.9 Å². The van der Waals surface area contributed by atoms with Crippen molar-refractivity contribution in [3.05, 3.63) is 34.3 Å². The molecule has 0 unspecified atom stereocenters. The molecule has 18 heavy (non-hydrogen) atoms. The Kier molecular flexibility index (Phi) is 5.05. The first kappa shape index (κ1) is 13.4. The lowest BCUT2D eigenvalue weighted by molar-refractivity contribution is 0.232. The van der Waals surface area contributed by atoms with Crippen LogP contribution in [0, 0.1) is 0 Å². The number of nitrogens with one attached hydrogen (secondary N) is 2. The predicted octanol–water partition coefficient (Wildman–Crippen LogP) is 3.58. The standard InChI is InChI=1S/C14H19BrN2O/c15-13-9-5-4-6-11(13)10-16-14(18)17-12-7-2-1-3-8-12/h4-6,9,12H,1-3,7-8,10H2,(H2,16,17,18). The van der Waals surface area contributed by atoms with Crippen LogP contribution < -0.4 is 10.6 Å². The van der Waals surface area contributed by atoms with Crippen molar-refractivity contribution in [3.63, 3.8) is 0 Å². The fourth-order valence-electron chi connectivity index (χ4n) is 2.30. The van der Waals surface area contributed by atoms with Crippen LogP contribution in [0.2, 0.25) is 0 Å². The molecule has 1 fully saturated rings. The molecule has 4 heteroatoms. The molecule has 0 aliphatic heterocycles. The maximum Gasteiger partial charge on any atom is 0.315 e. The van der Waals surface area contributed by atoms with Gasteiger partial charge in [-0.3, -0.25) is 0 Å². The summed E-state index contributed by atoms with van der Waals surface area (Å²) in [5.74, 6) is 0. The molecule has 98 valence electrons. The monoisotopic (exact) mass is 310 g/mol. The van der Waals surface area contributed by atoms with Crippen molar-refractivity contribution in [3.8, 4) is 0 Å². The van der Waals surface area contributed by atoms with Crippen molar-refractivity contribution in [2.75, 3.05) is 0 Å². The van der Waals surface area contributed by atoms with Crippen LogP contribution in [0.5, 0.6) is 0 Å². The van der Waals surface area contributed by atoms with Crippen molar-refractivity contribution in [1.29, 1.82) is 0 Å². The van der Waals surface area contributed by atoms with Gasteiger partial charge in [0.25, 0.3) is 0 Å². The van der Waals surface area contributed by atoms with Gasteiger partial charge in [-0.2, -0.15) is 0 Å². The number of urea groups is 1. The van der Waals surface area contributed by atoms with Gasteiger partial charge in [-0.15, -0.1) is 0 Å². The lowest BCUT2D eigenvalue weighted by Crippen LogP contribution is -2.42. The number of rotatable bonds is 3. The Morgan fingerprint density at radius 1 is 1.22 bits per heavy atom. The summed E-state index contributed by atoms with van der Waals surface area (Å²) in [5.41, 5.74) is 1.09. The molecule has 0 saturated heterocycles. The van der Waals surface area contributed by atoms with Gasteiger partial charge in [0.1, 0.15) is 0 Å². The number of benzene rings is 1. The number of carbonyl (C=O) groups excluding carboxylic acids is 1. The Hall–Kier alpha value is -1.03. The van der Waals surface area contributed by atoms with E-state index >= 15 is 0 Å². The van der Waals surface area contributed by atoms with Gasteiger partial charge in [0.15, 0.2) is 0 Å². The quantitative estimate of drug-likeness (QED) is 0.880. The molecule has 0 bridgehead atoms. The molecule has 2 amide bonds. The van der Waals surface area contributed by atoms with Gasteiger partial charge >= 0.3 is 6.03 Å². The Morgan fingerprint density at radius 2 is 1.94 bits per heavy atom. The predicted molar refractivity (Wildman–Crippen MR) is 76.4 cm³/mol. The van der Waals surface area contributed by atoms with E-state index in [4.69, 9.17) is 0 Å². The third kappa shape index (κ3) is 4.02. The Bertz CT molecular complexity index is 403. The van der Waals surface area contributed by atoms with E-state index in [9.17, 15) is 4.79 Å². The van der Waals surface area contributed by atoms with Crippen molar-refractivity contribution < 1.29 is 4.79 Å². The molecule has 0 radical (unpaired) electrons. The second kappa shape index (κ2) is 6.78. The molecule has 2 rings (SSSR count). The zero-order valence-electron chi connectivity index (χ0n) is 10.4. The normalized spacial score (nSPS) is 16.3.